The standard InChI is InChI=1S/C19H21Cl2N3O2/c1-19(2,3)24-17(25)12-5-4-6-15(9-12)23-18(26)22-11-13-7-8-14(20)10-16(13)21/h4-10H,11H2,1-3H3,(H,24,25)(H2,22,23,26). The SMILES string of the molecule is CC(C)(C)NC(=O)c1cccc(NC(=O)NCc2ccc(Cl)cc2Cl)c1. The smallest absolute Gasteiger partial charge is 0.319 e. The predicted octanol–water partition coefficient (Wildman–Crippen LogP) is 4.84. The van der Waals surface area contributed by atoms with E-state index in [4.69, 9.17) is 23.2 Å². The fourth-order valence-electron chi connectivity index (χ4n) is 2.17. The average Bonchev–Trinajstić information content (AvgIpc) is 2.52. The molecule has 0 atom stereocenters. The number of benzene rings is 2. The van der Waals surface area contributed by atoms with Crippen molar-refractivity contribution in [1.29, 1.82) is 0 Å². The number of hydrogen-bond donors (Lipinski definition) is 3. The van der Waals surface area contributed by atoms with Gasteiger partial charge in [0.05, 0.1) is 0 Å². The van der Waals surface area contributed by atoms with Crippen molar-refractivity contribution in [3.63, 3.8) is 0 Å². The Kier molecular flexibility index (Phi) is 6.51. The molecule has 0 radical (unpaired) electrons. The summed E-state index contributed by atoms with van der Waals surface area (Å²) in [5.74, 6) is -0.200. The molecule has 7 heteroatoms. The molecule has 0 aromatic heterocycles. The van der Waals surface area contributed by atoms with Crippen LogP contribution in [0.1, 0.15) is 36.7 Å². The molecule has 2 rings (SSSR count). The van der Waals surface area contributed by atoms with Gasteiger partial charge < -0.3 is 16.0 Å². The maximum atomic E-state index is 12.2. The van der Waals surface area contributed by atoms with E-state index >= 15 is 0 Å². The van der Waals surface area contributed by atoms with Crippen LogP contribution in [0.4, 0.5) is 10.5 Å². The first-order valence-electron chi connectivity index (χ1n) is 8.05. The largest absolute Gasteiger partial charge is 0.347 e. The third-order valence-corrected chi connectivity index (χ3v) is 3.91. The van der Waals surface area contributed by atoms with Crippen LogP contribution >= 0.6 is 23.2 Å². The van der Waals surface area contributed by atoms with Gasteiger partial charge in [-0.2, -0.15) is 0 Å². The summed E-state index contributed by atoms with van der Waals surface area (Å²) >= 11 is 11.9. The Hall–Kier alpha value is -2.24. The Labute approximate surface area is 163 Å². The highest BCUT2D eigenvalue weighted by Crippen LogP contribution is 2.20. The predicted molar refractivity (Wildman–Crippen MR) is 106 cm³/mol. The number of anilines is 1. The van der Waals surface area contributed by atoms with Crippen molar-refractivity contribution in [3.8, 4) is 0 Å². The van der Waals surface area contributed by atoms with Gasteiger partial charge >= 0.3 is 6.03 Å². The molecule has 0 bridgehead atoms. The summed E-state index contributed by atoms with van der Waals surface area (Å²) in [6.45, 7) is 5.97. The maximum absolute atomic E-state index is 12.2. The minimum absolute atomic E-state index is 0.200. The zero-order valence-electron chi connectivity index (χ0n) is 14.8. The van der Waals surface area contributed by atoms with Crippen LogP contribution in [0.3, 0.4) is 0 Å². The molecule has 138 valence electrons. The Morgan fingerprint density at radius 2 is 1.77 bits per heavy atom. The molecule has 0 aliphatic heterocycles. The number of nitrogens with one attached hydrogen (secondary N) is 3. The fraction of sp³-hybridized carbons (Fsp3) is 0.263. The van der Waals surface area contributed by atoms with Crippen molar-refractivity contribution in [3.05, 3.63) is 63.6 Å². The van der Waals surface area contributed by atoms with Crippen molar-refractivity contribution in [2.75, 3.05) is 5.32 Å². The van der Waals surface area contributed by atoms with E-state index < -0.39 is 6.03 Å². The van der Waals surface area contributed by atoms with Crippen molar-refractivity contribution in [2.24, 2.45) is 0 Å². The summed E-state index contributed by atoms with van der Waals surface area (Å²) in [4.78, 5) is 24.3. The van der Waals surface area contributed by atoms with Crippen LogP contribution in [0, 0.1) is 0 Å². The van der Waals surface area contributed by atoms with Crippen molar-refractivity contribution < 1.29 is 9.59 Å². The van der Waals surface area contributed by atoms with Crippen LogP contribution in [0.2, 0.25) is 10.0 Å². The molecule has 0 aliphatic rings. The van der Waals surface area contributed by atoms with Gasteiger partial charge in [0, 0.05) is 33.4 Å². The van der Waals surface area contributed by atoms with Gasteiger partial charge in [-0.15, -0.1) is 0 Å². The van der Waals surface area contributed by atoms with Crippen LogP contribution in [0.15, 0.2) is 42.5 Å². The summed E-state index contributed by atoms with van der Waals surface area (Å²) in [5, 5.41) is 9.32. The lowest BCUT2D eigenvalue weighted by Gasteiger charge is -2.20. The molecule has 0 aliphatic carbocycles. The van der Waals surface area contributed by atoms with E-state index in [0.29, 0.717) is 21.3 Å². The molecule has 0 spiro atoms. The summed E-state index contributed by atoms with van der Waals surface area (Å²) in [6.07, 6.45) is 0. The monoisotopic (exact) mass is 393 g/mol. The molecule has 0 heterocycles. The highest BCUT2D eigenvalue weighted by Gasteiger charge is 2.15. The average molecular weight is 394 g/mol. The second-order valence-electron chi connectivity index (χ2n) is 6.83. The molecule has 3 amide bonds. The third-order valence-electron chi connectivity index (χ3n) is 3.33. The minimum atomic E-state index is -0.399. The molecule has 0 saturated heterocycles. The van der Waals surface area contributed by atoms with Gasteiger partial charge in [-0.05, 0) is 56.7 Å². The van der Waals surface area contributed by atoms with Crippen molar-refractivity contribution >= 4 is 40.8 Å². The topological polar surface area (TPSA) is 70.2 Å². The van der Waals surface area contributed by atoms with Gasteiger partial charge in [0.15, 0.2) is 0 Å². The highest BCUT2D eigenvalue weighted by atomic mass is 35.5. The highest BCUT2D eigenvalue weighted by molar-refractivity contribution is 6.35. The Bertz CT molecular complexity index is 817. The Morgan fingerprint density at radius 1 is 1.04 bits per heavy atom. The van der Waals surface area contributed by atoms with Crippen molar-refractivity contribution in [1.82, 2.24) is 10.6 Å². The quantitative estimate of drug-likeness (QED) is 0.694. The summed E-state index contributed by atoms with van der Waals surface area (Å²) in [7, 11) is 0. The van der Waals surface area contributed by atoms with Gasteiger partial charge in [-0.1, -0.05) is 35.3 Å². The van der Waals surface area contributed by atoms with E-state index in [-0.39, 0.29) is 18.0 Å². The first-order valence-corrected chi connectivity index (χ1v) is 8.81. The van der Waals surface area contributed by atoms with E-state index in [1.54, 1.807) is 42.5 Å². The molecular formula is C19H21Cl2N3O2. The molecule has 0 unspecified atom stereocenters. The van der Waals surface area contributed by atoms with E-state index in [1.807, 2.05) is 20.8 Å². The lowest BCUT2D eigenvalue weighted by Crippen LogP contribution is -2.40. The molecular weight excluding hydrogens is 373 g/mol. The van der Waals surface area contributed by atoms with Gasteiger partial charge in [0.1, 0.15) is 0 Å². The van der Waals surface area contributed by atoms with Gasteiger partial charge in [-0.25, -0.2) is 4.79 Å². The van der Waals surface area contributed by atoms with Gasteiger partial charge in [-0.3, -0.25) is 4.79 Å². The van der Waals surface area contributed by atoms with Gasteiger partial charge in [0.2, 0.25) is 0 Å². The maximum Gasteiger partial charge on any atom is 0.319 e. The van der Waals surface area contributed by atoms with Crippen LogP contribution in [-0.4, -0.2) is 17.5 Å². The minimum Gasteiger partial charge on any atom is -0.347 e. The summed E-state index contributed by atoms with van der Waals surface area (Å²) < 4.78 is 0. The van der Waals surface area contributed by atoms with Gasteiger partial charge in [0.25, 0.3) is 5.91 Å². The molecule has 2 aromatic rings. The lowest BCUT2D eigenvalue weighted by molar-refractivity contribution is 0.0919. The van der Waals surface area contributed by atoms with E-state index in [0.717, 1.165) is 5.56 Å². The lowest BCUT2D eigenvalue weighted by atomic mass is 10.1. The third kappa shape index (κ3) is 6.24. The van der Waals surface area contributed by atoms with Crippen LogP contribution in [-0.2, 0) is 6.54 Å². The van der Waals surface area contributed by atoms with Crippen LogP contribution < -0.4 is 16.0 Å². The second-order valence-corrected chi connectivity index (χ2v) is 7.67. The number of hydrogen-bond acceptors (Lipinski definition) is 2. The number of halogens is 2. The molecule has 2 aromatic carbocycles. The first kappa shape index (κ1) is 20.1. The number of urea groups is 1. The number of carbonyl (C=O) groups is 2. The Morgan fingerprint density at radius 3 is 2.42 bits per heavy atom. The molecule has 0 saturated carbocycles. The summed E-state index contributed by atoms with van der Waals surface area (Å²) in [6, 6.07) is 11.4. The molecule has 0 fully saturated rings. The number of amides is 3. The molecule has 5 nitrogen and oxygen atoms in total. The molecule has 3 N–H and O–H groups in total. The summed E-state index contributed by atoms with van der Waals surface area (Å²) in [5.41, 5.74) is 1.41. The zero-order chi connectivity index (χ0) is 19.3. The Balaban J connectivity index is 1.96. The zero-order valence-corrected chi connectivity index (χ0v) is 16.3. The van der Waals surface area contributed by atoms with Crippen molar-refractivity contribution in [2.45, 2.75) is 32.9 Å². The normalized spacial score (nSPS) is 11.0. The first-order chi connectivity index (χ1) is 12.1. The van der Waals surface area contributed by atoms with E-state index in [9.17, 15) is 9.59 Å². The fourth-order valence-corrected chi connectivity index (χ4v) is 2.64. The van der Waals surface area contributed by atoms with E-state index in [1.165, 1.54) is 0 Å². The number of carbonyl (C=O) groups excluding carboxylic acids is 2. The molecule has 26 heavy (non-hydrogen) atoms. The van der Waals surface area contributed by atoms with Crippen LogP contribution in [0.5, 0.6) is 0 Å². The second kappa shape index (κ2) is 8.43. The van der Waals surface area contributed by atoms with Crippen LogP contribution in [0.25, 0.3) is 0 Å². The number of rotatable bonds is 4. The van der Waals surface area contributed by atoms with E-state index in [2.05, 4.69) is 16.0 Å².